The molecule has 2 amide bonds. The summed E-state index contributed by atoms with van der Waals surface area (Å²) in [5.41, 5.74) is 0.567. The lowest BCUT2D eigenvalue weighted by atomic mass is 10.0. The first-order valence-corrected chi connectivity index (χ1v) is 12.1. The van der Waals surface area contributed by atoms with Crippen molar-refractivity contribution in [2.75, 3.05) is 11.9 Å². The van der Waals surface area contributed by atoms with Gasteiger partial charge < -0.3 is 14.8 Å². The normalized spacial score (nSPS) is 11.1. The molecule has 0 spiro atoms. The SMILES string of the molecule is CCNC(=O)Nc1cc(-n2ccc(C(F)(F)F)n2)c(-c2cncc(-c3cccc(OC(C)=O)c3OC(C)=O)c2)cn1. The van der Waals surface area contributed by atoms with Crippen molar-refractivity contribution in [3.63, 3.8) is 0 Å². The van der Waals surface area contributed by atoms with Gasteiger partial charge in [0.25, 0.3) is 0 Å². The fourth-order valence-electron chi connectivity index (χ4n) is 3.82. The number of halogens is 3. The number of pyridine rings is 2. The minimum absolute atomic E-state index is 0.00923. The predicted octanol–water partition coefficient (Wildman–Crippen LogP) is 5.01. The fourth-order valence-corrected chi connectivity index (χ4v) is 3.82. The van der Waals surface area contributed by atoms with Crippen molar-refractivity contribution in [1.82, 2.24) is 25.1 Å². The van der Waals surface area contributed by atoms with Gasteiger partial charge in [-0.2, -0.15) is 18.3 Å². The molecule has 0 saturated carbocycles. The van der Waals surface area contributed by atoms with Crippen LogP contribution < -0.4 is 20.1 Å². The number of carbonyl (C=O) groups is 3. The minimum atomic E-state index is -4.68. The Balaban J connectivity index is 1.85. The average molecular weight is 569 g/mol. The number of para-hydroxylation sites is 1. The summed E-state index contributed by atoms with van der Waals surface area (Å²) in [6, 6.07) is 7.94. The van der Waals surface area contributed by atoms with Crippen LogP contribution in [0.15, 0.2) is 61.2 Å². The van der Waals surface area contributed by atoms with Crippen LogP contribution in [0, 0.1) is 0 Å². The number of ether oxygens (including phenoxy) is 2. The molecule has 4 aromatic rings. The number of urea groups is 1. The van der Waals surface area contributed by atoms with Gasteiger partial charge in [0, 0.05) is 73.5 Å². The maximum absolute atomic E-state index is 13.3. The van der Waals surface area contributed by atoms with Gasteiger partial charge in [-0.05, 0) is 25.1 Å². The third-order valence-corrected chi connectivity index (χ3v) is 5.43. The molecule has 0 aliphatic rings. The van der Waals surface area contributed by atoms with Crippen LogP contribution in [0.2, 0.25) is 0 Å². The lowest BCUT2D eigenvalue weighted by molar-refractivity contribution is -0.141. The molecule has 3 heterocycles. The number of carbonyl (C=O) groups excluding carboxylic acids is 3. The Hall–Kier alpha value is -5.27. The molecule has 212 valence electrons. The smallest absolute Gasteiger partial charge is 0.423 e. The second-order valence-corrected chi connectivity index (χ2v) is 8.50. The van der Waals surface area contributed by atoms with Gasteiger partial charge in [0.2, 0.25) is 0 Å². The van der Waals surface area contributed by atoms with Crippen molar-refractivity contribution in [3.05, 3.63) is 66.9 Å². The Kier molecular flexibility index (Phi) is 8.31. The van der Waals surface area contributed by atoms with Crippen molar-refractivity contribution < 1.29 is 37.0 Å². The second-order valence-electron chi connectivity index (χ2n) is 8.50. The molecule has 0 unspecified atom stereocenters. The van der Waals surface area contributed by atoms with E-state index in [9.17, 15) is 27.6 Å². The van der Waals surface area contributed by atoms with Crippen LogP contribution in [0.3, 0.4) is 0 Å². The zero-order chi connectivity index (χ0) is 29.7. The molecule has 11 nitrogen and oxygen atoms in total. The molecule has 0 atom stereocenters. The van der Waals surface area contributed by atoms with Crippen molar-refractivity contribution in [3.8, 4) is 39.4 Å². The van der Waals surface area contributed by atoms with Crippen LogP contribution >= 0.6 is 0 Å². The molecule has 0 radical (unpaired) electrons. The third kappa shape index (κ3) is 6.84. The van der Waals surface area contributed by atoms with Gasteiger partial charge in [0.05, 0.1) is 5.69 Å². The van der Waals surface area contributed by atoms with E-state index in [1.165, 1.54) is 44.6 Å². The molecule has 0 bridgehead atoms. The number of anilines is 1. The number of hydrogen-bond acceptors (Lipinski definition) is 8. The van der Waals surface area contributed by atoms with E-state index in [0.29, 0.717) is 28.8 Å². The first-order chi connectivity index (χ1) is 19.5. The highest BCUT2D eigenvalue weighted by molar-refractivity contribution is 5.89. The number of hydrogen-bond donors (Lipinski definition) is 2. The van der Waals surface area contributed by atoms with Gasteiger partial charge >= 0.3 is 24.1 Å². The third-order valence-electron chi connectivity index (χ3n) is 5.43. The molecule has 3 aromatic heterocycles. The topological polar surface area (TPSA) is 137 Å². The Morgan fingerprint density at radius 1 is 0.951 bits per heavy atom. The van der Waals surface area contributed by atoms with Crippen molar-refractivity contribution >= 4 is 23.8 Å². The highest BCUT2D eigenvalue weighted by Gasteiger charge is 2.34. The van der Waals surface area contributed by atoms with Crippen LogP contribution in [0.25, 0.3) is 27.9 Å². The van der Waals surface area contributed by atoms with E-state index < -0.39 is 29.8 Å². The van der Waals surface area contributed by atoms with Crippen molar-refractivity contribution in [2.24, 2.45) is 0 Å². The molecule has 41 heavy (non-hydrogen) atoms. The lowest BCUT2D eigenvalue weighted by Gasteiger charge is -2.15. The number of nitrogens with zero attached hydrogens (tertiary/aromatic N) is 4. The lowest BCUT2D eigenvalue weighted by Crippen LogP contribution is -2.28. The van der Waals surface area contributed by atoms with Crippen molar-refractivity contribution in [1.29, 1.82) is 0 Å². The zero-order valence-electron chi connectivity index (χ0n) is 21.9. The number of alkyl halides is 3. The highest BCUT2D eigenvalue weighted by Crippen LogP contribution is 2.40. The summed E-state index contributed by atoms with van der Waals surface area (Å²) < 4.78 is 51.6. The quantitative estimate of drug-likeness (QED) is 0.235. The highest BCUT2D eigenvalue weighted by atomic mass is 19.4. The largest absolute Gasteiger partial charge is 0.435 e. The van der Waals surface area contributed by atoms with Crippen LogP contribution in [-0.4, -0.2) is 44.3 Å². The molecule has 14 heteroatoms. The maximum Gasteiger partial charge on any atom is 0.435 e. The van der Waals surface area contributed by atoms with Crippen LogP contribution in [-0.2, 0) is 15.8 Å². The van der Waals surface area contributed by atoms with E-state index >= 15 is 0 Å². The van der Waals surface area contributed by atoms with E-state index in [4.69, 9.17) is 9.47 Å². The molecule has 1 aromatic carbocycles. The first kappa shape index (κ1) is 28.7. The Bertz CT molecular complexity index is 1620. The number of nitrogens with one attached hydrogen (secondary N) is 2. The van der Waals surface area contributed by atoms with Gasteiger partial charge in [0.1, 0.15) is 5.82 Å². The standard InChI is InChI=1S/C27H23F3N6O5/c1-4-32-26(39)34-24-11-21(36-9-8-23(35-36)27(28,29)30)20(14-33-24)18-10-17(12-31-13-18)19-6-5-7-22(40-15(2)37)25(19)41-16(3)38/h5-14H,4H2,1-3H3,(H2,32,33,34,39). The van der Waals surface area contributed by atoms with E-state index in [-0.39, 0.29) is 23.0 Å². The molecule has 0 fully saturated rings. The summed E-state index contributed by atoms with van der Waals surface area (Å²) in [7, 11) is 0. The Morgan fingerprint density at radius 2 is 1.66 bits per heavy atom. The summed E-state index contributed by atoms with van der Waals surface area (Å²) in [5, 5.41) is 8.74. The molecule has 0 saturated heterocycles. The maximum atomic E-state index is 13.3. The summed E-state index contributed by atoms with van der Waals surface area (Å²) in [6.07, 6.45) is 0.737. The Labute approximate surface area is 231 Å². The predicted molar refractivity (Wildman–Crippen MR) is 140 cm³/mol. The summed E-state index contributed by atoms with van der Waals surface area (Å²) in [4.78, 5) is 44.0. The number of rotatable bonds is 7. The van der Waals surface area contributed by atoms with Crippen LogP contribution in [0.4, 0.5) is 23.8 Å². The zero-order valence-corrected chi connectivity index (χ0v) is 21.9. The van der Waals surface area contributed by atoms with Crippen molar-refractivity contribution in [2.45, 2.75) is 26.9 Å². The number of aromatic nitrogens is 4. The van der Waals surface area contributed by atoms with Gasteiger partial charge in [-0.25, -0.2) is 14.5 Å². The van der Waals surface area contributed by atoms with Crippen LogP contribution in [0.1, 0.15) is 26.5 Å². The second kappa shape index (κ2) is 11.9. The van der Waals surface area contributed by atoms with Gasteiger partial charge in [-0.15, -0.1) is 0 Å². The number of amides is 2. The summed E-state index contributed by atoms with van der Waals surface area (Å²) in [6.45, 7) is 4.46. The van der Waals surface area contributed by atoms with E-state index in [1.54, 1.807) is 25.1 Å². The molecule has 0 aliphatic carbocycles. The molecular formula is C27H23F3N6O5. The van der Waals surface area contributed by atoms with Gasteiger partial charge in [-0.1, -0.05) is 12.1 Å². The average Bonchev–Trinajstić information content (AvgIpc) is 3.40. The van der Waals surface area contributed by atoms with E-state index in [0.717, 1.165) is 16.9 Å². The molecule has 2 N–H and O–H groups in total. The molecule has 0 aliphatic heterocycles. The molecular weight excluding hydrogens is 545 g/mol. The first-order valence-electron chi connectivity index (χ1n) is 12.1. The van der Waals surface area contributed by atoms with Gasteiger partial charge in [0.15, 0.2) is 17.2 Å². The van der Waals surface area contributed by atoms with E-state index in [1.807, 2.05) is 0 Å². The summed E-state index contributed by atoms with van der Waals surface area (Å²) in [5.74, 6) is -1.23. The molecule has 4 rings (SSSR count). The summed E-state index contributed by atoms with van der Waals surface area (Å²) >= 11 is 0. The monoisotopic (exact) mass is 568 g/mol. The number of benzene rings is 1. The Morgan fingerprint density at radius 3 is 2.29 bits per heavy atom. The van der Waals surface area contributed by atoms with Gasteiger partial charge in [-0.3, -0.25) is 19.9 Å². The minimum Gasteiger partial charge on any atom is -0.423 e. The fraction of sp³-hybridized carbons (Fsp3) is 0.185. The van der Waals surface area contributed by atoms with Crippen LogP contribution in [0.5, 0.6) is 11.5 Å². The number of esters is 2. The van der Waals surface area contributed by atoms with E-state index in [2.05, 4.69) is 25.7 Å².